The molecule has 0 radical (unpaired) electrons. The van der Waals surface area contributed by atoms with Gasteiger partial charge in [-0.1, -0.05) is 29.3 Å². The van der Waals surface area contributed by atoms with Gasteiger partial charge in [-0.25, -0.2) is 4.79 Å². The fourth-order valence-electron chi connectivity index (χ4n) is 2.34. The summed E-state index contributed by atoms with van der Waals surface area (Å²) in [6, 6.07) is 13.3. The number of ether oxygens (including phenoxy) is 2. The Hall–Kier alpha value is -2.43. The van der Waals surface area contributed by atoms with Gasteiger partial charge in [0.2, 0.25) is 5.76 Å². The molecule has 0 atom stereocenters. The number of halogens is 2. The van der Waals surface area contributed by atoms with Crippen molar-refractivity contribution in [1.29, 1.82) is 0 Å². The zero-order valence-corrected chi connectivity index (χ0v) is 15.0. The average Bonchev–Trinajstić information content (AvgIpc) is 2.93. The minimum absolute atomic E-state index is 0.0299. The van der Waals surface area contributed by atoms with Crippen LogP contribution in [-0.4, -0.2) is 5.97 Å². The summed E-state index contributed by atoms with van der Waals surface area (Å²) < 4.78 is 16.2. The number of hydrogen-bond donors (Lipinski definition) is 0. The maximum Gasteiger partial charge on any atom is 0.379 e. The number of rotatable bonds is 4. The summed E-state index contributed by atoms with van der Waals surface area (Å²) >= 11 is 11.8. The SMILES string of the molecule is Cc1cc(C)cc(OC(=O)c2ccc(Oc3cc(Cl)cc(Cl)c3)o2)c1. The molecule has 0 aliphatic heterocycles. The molecule has 0 N–H and O–H groups in total. The van der Waals surface area contributed by atoms with Crippen LogP contribution >= 0.6 is 23.2 Å². The largest absolute Gasteiger partial charge is 0.426 e. The van der Waals surface area contributed by atoms with E-state index in [-0.39, 0.29) is 11.7 Å². The van der Waals surface area contributed by atoms with Crippen LogP contribution in [0.15, 0.2) is 52.9 Å². The van der Waals surface area contributed by atoms with E-state index in [9.17, 15) is 4.79 Å². The molecule has 0 spiro atoms. The van der Waals surface area contributed by atoms with Gasteiger partial charge in [0, 0.05) is 16.1 Å². The molecule has 0 unspecified atom stereocenters. The summed E-state index contributed by atoms with van der Waals surface area (Å²) in [6.07, 6.45) is 0. The first kappa shape index (κ1) is 17.4. The van der Waals surface area contributed by atoms with Gasteiger partial charge in [0.25, 0.3) is 5.95 Å². The fraction of sp³-hybridized carbons (Fsp3) is 0.105. The van der Waals surface area contributed by atoms with Crippen molar-refractivity contribution in [3.8, 4) is 17.4 Å². The molecule has 0 fully saturated rings. The summed E-state index contributed by atoms with van der Waals surface area (Å²) in [5.74, 6) is 0.418. The average molecular weight is 377 g/mol. The monoisotopic (exact) mass is 376 g/mol. The van der Waals surface area contributed by atoms with E-state index >= 15 is 0 Å². The van der Waals surface area contributed by atoms with Crippen LogP contribution < -0.4 is 9.47 Å². The molecular formula is C19H14Cl2O4. The van der Waals surface area contributed by atoms with Crippen molar-refractivity contribution in [1.82, 2.24) is 0 Å². The van der Waals surface area contributed by atoms with E-state index in [1.807, 2.05) is 19.9 Å². The van der Waals surface area contributed by atoms with Crippen LogP contribution in [0.2, 0.25) is 10.0 Å². The third-order valence-corrected chi connectivity index (χ3v) is 3.68. The molecule has 0 amide bonds. The second kappa shape index (κ2) is 7.21. The minimum Gasteiger partial charge on any atom is -0.426 e. The maximum atomic E-state index is 12.2. The molecule has 1 heterocycles. The van der Waals surface area contributed by atoms with Crippen molar-refractivity contribution in [2.75, 3.05) is 0 Å². The lowest BCUT2D eigenvalue weighted by Gasteiger charge is -2.05. The highest BCUT2D eigenvalue weighted by Gasteiger charge is 2.15. The topological polar surface area (TPSA) is 48.7 Å². The number of carbonyl (C=O) groups excluding carboxylic acids is 1. The molecule has 1 aromatic heterocycles. The second-order valence-electron chi connectivity index (χ2n) is 5.54. The van der Waals surface area contributed by atoms with Gasteiger partial charge in [-0.2, -0.15) is 0 Å². The van der Waals surface area contributed by atoms with Gasteiger partial charge in [0.05, 0.1) is 0 Å². The van der Waals surface area contributed by atoms with Gasteiger partial charge in [-0.3, -0.25) is 0 Å². The lowest BCUT2D eigenvalue weighted by atomic mass is 10.1. The highest BCUT2D eigenvalue weighted by Crippen LogP contribution is 2.29. The van der Waals surface area contributed by atoms with Crippen LogP contribution in [0, 0.1) is 13.8 Å². The molecule has 0 aliphatic carbocycles. The van der Waals surface area contributed by atoms with Crippen LogP contribution in [0.1, 0.15) is 21.7 Å². The number of hydrogen-bond acceptors (Lipinski definition) is 4. The lowest BCUT2D eigenvalue weighted by molar-refractivity contribution is 0.0696. The van der Waals surface area contributed by atoms with Gasteiger partial charge in [-0.15, -0.1) is 0 Å². The third kappa shape index (κ3) is 4.56. The fourth-order valence-corrected chi connectivity index (χ4v) is 2.84. The Kier molecular flexibility index (Phi) is 5.02. The molecule has 0 saturated heterocycles. The van der Waals surface area contributed by atoms with Crippen LogP contribution in [0.4, 0.5) is 0 Å². The molecule has 0 saturated carbocycles. The standard InChI is InChI=1S/C19H14Cl2O4/c1-11-5-12(2)7-15(6-11)24-19(22)17-3-4-18(25-17)23-16-9-13(20)8-14(21)10-16/h3-10H,1-2H3. The number of carbonyl (C=O) groups is 1. The number of furan rings is 1. The molecule has 0 aliphatic rings. The highest BCUT2D eigenvalue weighted by molar-refractivity contribution is 6.34. The van der Waals surface area contributed by atoms with E-state index in [0.717, 1.165) is 11.1 Å². The third-order valence-electron chi connectivity index (χ3n) is 3.24. The molecule has 4 nitrogen and oxygen atoms in total. The van der Waals surface area contributed by atoms with Crippen molar-refractivity contribution >= 4 is 29.2 Å². The van der Waals surface area contributed by atoms with Crippen molar-refractivity contribution in [2.45, 2.75) is 13.8 Å². The zero-order valence-electron chi connectivity index (χ0n) is 13.5. The first-order chi connectivity index (χ1) is 11.9. The summed E-state index contributed by atoms with van der Waals surface area (Å²) in [5, 5.41) is 0.868. The van der Waals surface area contributed by atoms with E-state index < -0.39 is 5.97 Å². The molecule has 2 aromatic carbocycles. The highest BCUT2D eigenvalue weighted by atomic mass is 35.5. The number of aryl methyl sites for hydroxylation is 2. The molecule has 25 heavy (non-hydrogen) atoms. The van der Waals surface area contributed by atoms with Crippen LogP contribution in [0.25, 0.3) is 0 Å². The van der Waals surface area contributed by atoms with E-state index in [2.05, 4.69) is 0 Å². The maximum absolute atomic E-state index is 12.2. The van der Waals surface area contributed by atoms with E-state index in [4.69, 9.17) is 37.1 Å². The predicted molar refractivity (Wildman–Crippen MR) is 96.1 cm³/mol. The van der Waals surface area contributed by atoms with E-state index in [0.29, 0.717) is 21.5 Å². The predicted octanol–water partition coefficient (Wildman–Crippen LogP) is 6.21. The van der Waals surface area contributed by atoms with Gasteiger partial charge >= 0.3 is 5.97 Å². The molecule has 3 aromatic rings. The minimum atomic E-state index is -0.607. The van der Waals surface area contributed by atoms with Crippen molar-refractivity contribution in [3.05, 3.63) is 75.5 Å². The summed E-state index contributed by atoms with van der Waals surface area (Å²) in [4.78, 5) is 12.2. The van der Waals surface area contributed by atoms with Gasteiger partial charge in [-0.05, 0) is 61.4 Å². The van der Waals surface area contributed by atoms with Crippen LogP contribution in [0.3, 0.4) is 0 Å². The van der Waals surface area contributed by atoms with Crippen LogP contribution in [0.5, 0.6) is 17.4 Å². The summed E-state index contributed by atoms with van der Waals surface area (Å²) in [5.41, 5.74) is 2.01. The lowest BCUT2D eigenvalue weighted by Crippen LogP contribution is -2.07. The first-order valence-electron chi connectivity index (χ1n) is 7.43. The van der Waals surface area contributed by atoms with Crippen molar-refractivity contribution in [3.63, 3.8) is 0 Å². The van der Waals surface area contributed by atoms with Crippen molar-refractivity contribution in [2.24, 2.45) is 0 Å². The quantitative estimate of drug-likeness (QED) is 0.400. The molecular weight excluding hydrogens is 363 g/mol. The Labute approximate surface area is 154 Å². The molecule has 0 bridgehead atoms. The van der Waals surface area contributed by atoms with Gasteiger partial charge in [0.15, 0.2) is 0 Å². The van der Waals surface area contributed by atoms with E-state index in [1.165, 1.54) is 12.1 Å². The zero-order chi connectivity index (χ0) is 18.0. The second-order valence-corrected chi connectivity index (χ2v) is 6.41. The first-order valence-corrected chi connectivity index (χ1v) is 8.19. The number of esters is 1. The number of benzene rings is 2. The Balaban J connectivity index is 1.73. The Morgan fingerprint density at radius 1 is 0.880 bits per heavy atom. The normalized spacial score (nSPS) is 10.6. The molecule has 6 heteroatoms. The molecule has 128 valence electrons. The summed E-state index contributed by atoms with van der Waals surface area (Å²) in [7, 11) is 0. The van der Waals surface area contributed by atoms with E-state index in [1.54, 1.807) is 30.3 Å². The Morgan fingerprint density at radius 3 is 2.16 bits per heavy atom. The van der Waals surface area contributed by atoms with Gasteiger partial charge < -0.3 is 13.9 Å². The van der Waals surface area contributed by atoms with Gasteiger partial charge in [0.1, 0.15) is 11.5 Å². The smallest absolute Gasteiger partial charge is 0.379 e. The van der Waals surface area contributed by atoms with Crippen LogP contribution in [-0.2, 0) is 0 Å². The Bertz CT molecular complexity index is 890. The summed E-state index contributed by atoms with van der Waals surface area (Å²) in [6.45, 7) is 3.86. The van der Waals surface area contributed by atoms with Crippen molar-refractivity contribution < 1.29 is 18.7 Å². The molecule has 3 rings (SSSR count). The Morgan fingerprint density at radius 2 is 1.52 bits per heavy atom.